The van der Waals surface area contributed by atoms with Crippen LogP contribution in [0.4, 0.5) is 18.3 Å². The number of carbonyl (C=O) groups excluding carboxylic acids is 2. The van der Waals surface area contributed by atoms with Gasteiger partial charge >= 0.3 is 6.36 Å². The predicted octanol–water partition coefficient (Wildman–Crippen LogP) is 5.92. The lowest BCUT2D eigenvalue weighted by atomic mass is 9.90. The highest BCUT2D eigenvalue weighted by molar-refractivity contribution is 7.15. The lowest BCUT2D eigenvalue weighted by molar-refractivity contribution is -0.274. The van der Waals surface area contributed by atoms with Crippen LogP contribution in [0.2, 0.25) is 0 Å². The number of hydrogen-bond donors (Lipinski definition) is 2. The first-order chi connectivity index (χ1) is 16.5. The van der Waals surface area contributed by atoms with Gasteiger partial charge in [0.05, 0.1) is 11.6 Å². The number of anilines is 1. The average Bonchev–Trinajstić information content (AvgIpc) is 3.22. The minimum atomic E-state index is -4.87. The highest BCUT2D eigenvalue weighted by Gasteiger charge is 2.32. The molecule has 1 aromatic heterocycles. The number of halogens is 3. The summed E-state index contributed by atoms with van der Waals surface area (Å²) in [6.07, 6.45) is -4.74. The molecule has 2 aromatic carbocycles. The first kappa shape index (κ1) is 25.9. The number of alkyl halides is 3. The van der Waals surface area contributed by atoms with Crippen LogP contribution >= 0.6 is 11.3 Å². The number of nitrogens with zero attached hydrogens (tertiary/aromatic N) is 2. The fourth-order valence-corrected chi connectivity index (χ4v) is 3.92. The number of benzene rings is 2. The smallest absolute Gasteiger partial charge is 0.504 e. The van der Waals surface area contributed by atoms with E-state index >= 15 is 0 Å². The Morgan fingerprint density at radius 3 is 2.14 bits per heavy atom. The van der Waals surface area contributed by atoms with Crippen LogP contribution in [0.15, 0.2) is 59.9 Å². The number of ketones is 1. The van der Waals surface area contributed by atoms with E-state index in [0.29, 0.717) is 5.01 Å². The van der Waals surface area contributed by atoms with Gasteiger partial charge in [0.15, 0.2) is 17.8 Å². The first-order valence-electron chi connectivity index (χ1n) is 10.4. The Morgan fingerprint density at radius 1 is 1.06 bits per heavy atom. The molecule has 3 rings (SSSR count). The minimum absolute atomic E-state index is 0.136. The first-order valence-corrected chi connectivity index (χ1v) is 11.3. The molecule has 0 saturated heterocycles. The third kappa shape index (κ3) is 6.66. The Morgan fingerprint density at radius 2 is 1.66 bits per heavy atom. The molecule has 2 N–H and O–H groups in total. The Balaban J connectivity index is 2.07. The van der Waals surface area contributed by atoms with Gasteiger partial charge in [-0.15, -0.1) is 23.4 Å². The number of carbonyl (C=O) groups is 2. The van der Waals surface area contributed by atoms with Crippen LogP contribution in [0, 0.1) is 6.92 Å². The van der Waals surface area contributed by atoms with E-state index in [1.165, 1.54) is 12.1 Å². The summed E-state index contributed by atoms with van der Waals surface area (Å²) >= 11 is 1.16. The third-order valence-electron chi connectivity index (χ3n) is 5.00. The second kappa shape index (κ2) is 10.7. The van der Waals surface area contributed by atoms with Crippen molar-refractivity contribution in [3.8, 4) is 5.75 Å². The van der Waals surface area contributed by atoms with E-state index in [1.807, 2.05) is 13.8 Å². The van der Waals surface area contributed by atoms with Crippen LogP contribution in [0.1, 0.15) is 52.3 Å². The summed E-state index contributed by atoms with van der Waals surface area (Å²) in [5.74, 6) is -1.70. The number of ether oxygens (including phenoxy) is 1. The molecule has 1 atom stereocenters. The normalized spacial score (nSPS) is 13.2. The number of aryl methyl sites for hydroxylation is 1. The van der Waals surface area contributed by atoms with Gasteiger partial charge in [-0.05, 0) is 36.1 Å². The fourth-order valence-electron chi connectivity index (χ4n) is 3.30. The Hall–Kier alpha value is -3.73. The molecule has 7 nitrogen and oxygen atoms in total. The molecule has 0 spiro atoms. The highest BCUT2D eigenvalue weighted by Crippen LogP contribution is 2.33. The standard InChI is InChI=1S/C24H22F3N3O4S/c1-13(2)15-4-6-17(7-5-15)22(33)20(19(32)12-31)21(28-23-30-29-14(3)35-23)16-8-10-18(11-9-16)34-24(25,26)27/h4-13,21,32H,1-3H3,(H,28,30)/b20-19-. The number of aliphatic hydroxyl groups is 1. The molecule has 0 fully saturated rings. The van der Waals surface area contributed by atoms with Gasteiger partial charge in [0.1, 0.15) is 10.8 Å². The summed E-state index contributed by atoms with van der Waals surface area (Å²) in [7, 11) is 0. The largest absolute Gasteiger partial charge is 0.573 e. The Labute approximate surface area is 203 Å². The number of allylic oxidation sites excluding steroid dienone is 1. The zero-order chi connectivity index (χ0) is 25.8. The molecular formula is C24H22F3N3O4S. The third-order valence-corrected chi connectivity index (χ3v) is 5.77. The zero-order valence-corrected chi connectivity index (χ0v) is 19.8. The van der Waals surface area contributed by atoms with E-state index in [4.69, 9.17) is 0 Å². The van der Waals surface area contributed by atoms with Gasteiger partial charge < -0.3 is 15.2 Å². The van der Waals surface area contributed by atoms with Gasteiger partial charge in [0.25, 0.3) is 0 Å². The summed E-state index contributed by atoms with van der Waals surface area (Å²) in [5.41, 5.74) is 1.19. The molecule has 184 valence electrons. The van der Waals surface area contributed by atoms with Crippen molar-refractivity contribution in [3.05, 3.63) is 81.6 Å². The molecule has 0 bridgehead atoms. The van der Waals surface area contributed by atoms with E-state index in [-0.39, 0.29) is 34.0 Å². The zero-order valence-electron chi connectivity index (χ0n) is 19.0. The summed E-state index contributed by atoms with van der Waals surface area (Å²) in [6, 6.07) is 10.3. The molecule has 1 heterocycles. The lowest BCUT2D eigenvalue weighted by Crippen LogP contribution is -2.22. The number of nitrogens with one attached hydrogen (secondary N) is 1. The number of rotatable bonds is 9. The number of hydrogen-bond acceptors (Lipinski definition) is 8. The SMILES string of the molecule is Cc1nnc(NC(/C(C(=O)c2ccc(C(C)C)cc2)=C(/O)C=O)c2ccc(OC(F)(F)F)cc2)s1. The van der Waals surface area contributed by atoms with E-state index in [9.17, 15) is 27.9 Å². The van der Waals surface area contributed by atoms with Crippen LogP contribution in [0.3, 0.4) is 0 Å². The summed E-state index contributed by atoms with van der Waals surface area (Å²) < 4.78 is 41.6. The maximum atomic E-state index is 13.5. The van der Waals surface area contributed by atoms with Gasteiger partial charge in [-0.1, -0.05) is 61.6 Å². The molecule has 0 aliphatic heterocycles. The highest BCUT2D eigenvalue weighted by atomic mass is 32.1. The molecule has 35 heavy (non-hydrogen) atoms. The van der Waals surface area contributed by atoms with Gasteiger partial charge in [-0.3, -0.25) is 9.59 Å². The lowest BCUT2D eigenvalue weighted by Gasteiger charge is -2.22. The quantitative estimate of drug-likeness (QED) is 0.161. The molecule has 3 aromatic rings. The van der Waals surface area contributed by atoms with Gasteiger partial charge in [0.2, 0.25) is 5.13 Å². The van der Waals surface area contributed by atoms with Crippen molar-refractivity contribution in [1.29, 1.82) is 0 Å². The number of aldehydes is 1. The van der Waals surface area contributed by atoms with Gasteiger partial charge in [0, 0.05) is 5.56 Å². The molecule has 11 heteroatoms. The summed E-state index contributed by atoms with van der Waals surface area (Å²) in [4.78, 5) is 25.0. The Kier molecular flexibility index (Phi) is 7.90. The summed E-state index contributed by atoms with van der Waals surface area (Å²) in [6.45, 7) is 5.70. The number of Topliss-reactive ketones (excluding diaryl/α,β-unsaturated/α-hetero) is 1. The van der Waals surface area contributed by atoms with E-state index in [1.54, 1.807) is 31.2 Å². The molecule has 0 aliphatic carbocycles. The molecule has 0 aliphatic rings. The molecule has 0 radical (unpaired) electrons. The van der Waals surface area contributed by atoms with Crippen molar-refractivity contribution in [3.63, 3.8) is 0 Å². The van der Waals surface area contributed by atoms with Crippen molar-refractivity contribution in [2.45, 2.75) is 39.1 Å². The number of aromatic nitrogens is 2. The van der Waals surface area contributed by atoms with Gasteiger partial charge in [-0.25, -0.2) is 0 Å². The van der Waals surface area contributed by atoms with Crippen LogP contribution in [0.5, 0.6) is 5.75 Å². The van der Waals surface area contributed by atoms with Crippen molar-refractivity contribution >= 4 is 28.5 Å². The minimum Gasteiger partial charge on any atom is -0.504 e. The Bertz CT molecular complexity index is 1220. The van der Waals surface area contributed by atoms with Crippen LogP contribution in [-0.4, -0.2) is 33.7 Å². The average molecular weight is 506 g/mol. The van der Waals surface area contributed by atoms with Crippen molar-refractivity contribution in [2.24, 2.45) is 0 Å². The fraction of sp³-hybridized carbons (Fsp3) is 0.250. The van der Waals surface area contributed by atoms with Crippen molar-refractivity contribution < 1.29 is 32.6 Å². The van der Waals surface area contributed by atoms with E-state index in [0.717, 1.165) is 29.0 Å². The second-order valence-electron chi connectivity index (χ2n) is 7.84. The maximum Gasteiger partial charge on any atom is 0.573 e. The second-order valence-corrected chi connectivity index (χ2v) is 9.02. The molecule has 0 saturated carbocycles. The molecular weight excluding hydrogens is 483 g/mol. The maximum absolute atomic E-state index is 13.5. The predicted molar refractivity (Wildman–Crippen MR) is 125 cm³/mol. The summed E-state index contributed by atoms with van der Waals surface area (Å²) in [5, 5.41) is 22.2. The van der Waals surface area contributed by atoms with Crippen LogP contribution in [-0.2, 0) is 4.79 Å². The van der Waals surface area contributed by atoms with Crippen molar-refractivity contribution in [1.82, 2.24) is 10.2 Å². The van der Waals surface area contributed by atoms with Crippen LogP contribution < -0.4 is 10.1 Å². The van der Waals surface area contributed by atoms with E-state index in [2.05, 4.69) is 20.3 Å². The monoisotopic (exact) mass is 505 g/mol. The topological polar surface area (TPSA) is 101 Å². The van der Waals surface area contributed by atoms with Crippen molar-refractivity contribution in [2.75, 3.05) is 5.32 Å². The van der Waals surface area contributed by atoms with E-state index < -0.39 is 29.7 Å². The van der Waals surface area contributed by atoms with Crippen LogP contribution in [0.25, 0.3) is 0 Å². The van der Waals surface area contributed by atoms with Gasteiger partial charge in [-0.2, -0.15) is 0 Å². The number of aliphatic hydroxyl groups excluding tert-OH is 1. The molecule has 0 amide bonds. The molecule has 1 unspecified atom stereocenters.